The zero-order valence-electron chi connectivity index (χ0n) is 19.8. The van der Waals surface area contributed by atoms with Crippen molar-refractivity contribution in [1.82, 2.24) is 9.62 Å². The lowest BCUT2D eigenvalue weighted by Gasteiger charge is -2.38. The molecule has 0 aliphatic heterocycles. The molecule has 2 bridgehead atoms. The van der Waals surface area contributed by atoms with Crippen LogP contribution in [0.25, 0.3) is 0 Å². The molecule has 0 radical (unpaired) electrons. The summed E-state index contributed by atoms with van der Waals surface area (Å²) in [5.41, 5.74) is -1.43. The molecule has 1 aromatic carbocycles. The van der Waals surface area contributed by atoms with Crippen molar-refractivity contribution in [1.29, 1.82) is 0 Å². The first-order chi connectivity index (χ1) is 14.9. The van der Waals surface area contributed by atoms with E-state index in [2.05, 4.69) is 12.2 Å². The summed E-state index contributed by atoms with van der Waals surface area (Å²) in [6.07, 6.45) is 5.71. The van der Waals surface area contributed by atoms with Crippen molar-refractivity contribution in [2.45, 2.75) is 88.3 Å². The fourth-order valence-electron chi connectivity index (χ4n) is 5.53. The number of amides is 1. The number of hydrogen-bond donors (Lipinski definition) is 2. The molecule has 7 nitrogen and oxygen atoms in total. The first kappa shape index (κ1) is 25.0. The Balaban J connectivity index is 1.72. The molecule has 5 atom stereocenters. The Bertz CT molecular complexity index is 844. The van der Waals surface area contributed by atoms with Crippen LogP contribution in [0.15, 0.2) is 29.2 Å². The molecule has 2 aliphatic rings. The number of rotatable bonds is 7. The molecule has 3 rings (SSSR count). The standard InChI is InChI=1S/C24H37N3O4S/c1-6-18-12-16-11-17(15-24(4,29)14-16)13-19(18)25-22(28)23(2,3)26(5)32-21-10-8-7-9-20(21)27(30)31/h7-10,16-19,29H,6,11-15H2,1-5H3,(H,25,28). The summed E-state index contributed by atoms with van der Waals surface area (Å²) in [4.78, 5) is 24.9. The third-order valence-corrected chi connectivity index (χ3v) is 8.67. The van der Waals surface area contributed by atoms with Gasteiger partial charge in [0.15, 0.2) is 0 Å². The summed E-state index contributed by atoms with van der Waals surface area (Å²) in [5, 5.41) is 25.4. The van der Waals surface area contributed by atoms with Gasteiger partial charge >= 0.3 is 0 Å². The highest BCUT2D eigenvalue weighted by Crippen LogP contribution is 2.45. The summed E-state index contributed by atoms with van der Waals surface area (Å²) in [6.45, 7) is 7.83. The molecule has 178 valence electrons. The van der Waals surface area contributed by atoms with Crippen molar-refractivity contribution in [2.75, 3.05) is 7.05 Å². The highest BCUT2D eigenvalue weighted by molar-refractivity contribution is 7.97. The van der Waals surface area contributed by atoms with Gasteiger partial charge in [-0.3, -0.25) is 14.9 Å². The number of fused-ring (bicyclic) bond motifs is 2. The lowest BCUT2D eigenvalue weighted by atomic mass is 9.72. The highest BCUT2D eigenvalue weighted by Gasteiger charge is 2.43. The van der Waals surface area contributed by atoms with Crippen LogP contribution in [0, 0.1) is 27.9 Å². The van der Waals surface area contributed by atoms with Gasteiger partial charge in [0.05, 0.1) is 10.5 Å². The fourth-order valence-corrected chi connectivity index (χ4v) is 6.51. The Hall–Kier alpha value is -1.64. The van der Waals surface area contributed by atoms with Crippen LogP contribution in [0.3, 0.4) is 0 Å². The first-order valence-corrected chi connectivity index (χ1v) is 12.4. The van der Waals surface area contributed by atoms with Crippen LogP contribution in [0.1, 0.15) is 66.2 Å². The Morgan fingerprint density at radius 1 is 1.28 bits per heavy atom. The summed E-state index contributed by atoms with van der Waals surface area (Å²) in [7, 11) is 1.80. The quantitative estimate of drug-likeness (QED) is 0.343. The minimum absolute atomic E-state index is 0.0368. The molecule has 5 unspecified atom stereocenters. The van der Waals surface area contributed by atoms with E-state index in [4.69, 9.17) is 0 Å². The van der Waals surface area contributed by atoms with Crippen LogP contribution in [0.5, 0.6) is 0 Å². The van der Waals surface area contributed by atoms with Crippen molar-refractivity contribution in [3.8, 4) is 0 Å². The fraction of sp³-hybridized carbons (Fsp3) is 0.708. The van der Waals surface area contributed by atoms with E-state index in [0.29, 0.717) is 22.6 Å². The second-order valence-corrected chi connectivity index (χ2v) is 11.6. The molecule has 0 saturated heterocycles. The van der Waals surface area contributed by atoms with E-state index >= 15 is 0 Å². The first-order valence-electron chi connectivity index (χ1n) is 11.6. The number of nitro benzene ring substituents is 1. The lowest BCUT2D eigenvalue weighted by Crippen LogP contribution is -2.54. The molecule has 0 heterocycles. The Kier molecular flexibility index (Phi) is 7.57. The van der Waals surface area contributed by atoms with E-state index in [9.17, 15) is 20.0 Å². The van der Waals surface area contributed by atoms with Gasteiger partial charge in [0.1, 0.15) is 10.4 Å². The van der Waals surface area contributed by atoms with Gasteiger partial charge in [-0.05, 0) is 95.7 Å². The van der Waals surface area contributed by atoms with Gasteiger partial charge in [-0.2, -0.15) is 0 Å². The maximum Gasteiger partial charge on any atom is 0.284 e. The molecule has 0 spiro atoms. The van der Waals surface area contributed by atoms with Crippen LogP contribution in [-0.4, -0.2) is 44.5 Å². The van der Waals surface area contributed by atoms with E-state index in [1.807, 2.05) is 20.8 Å². The topological polar surface area (TPSA) is 95.7 Å². The molecular weight excluding hydrogens is 426 g/mol. The number of nitro groups is 1. The molecule has 2 N–H and O–H groups in total. The number of carbonyl (C=O) groups excluding carboxylic acids is 1. The van der Waals surface area contributed by atoms with Gasteiger partial charge in [0, 0.05) is 12.1 Å². The second kappa shape index (κ2) is 9.69. The van der Waals surface area contributed by atoms with Crippen molar-refractivity contribution in [3.63, 3.8) is 0 Å². The highest BCUT2D eigenvalue weighted by atomic mass is 32.2. The maximum atomic E-state index is 13.4. The number of aliphatic hydroxyl groups is 1. The lowest BCUT2D eigenvalue weighted by molar-refractivity contribution is -0.387. The number of nitrogens with zero attached hydrogens (tertiary/aromatic N) is 2. The third-order valence-electron chi connectivity index (χ3n) is 7.40. The van der Waals surface area contributed by atoms with Crippen LogP contribution >= 0.6 is 11.9 Å². The smallest absolute Gasteiger partial charge is 0.284 e. The summed E-state index contributed by atoms with van der Waals surface area (Å²) < 4.78 is 1.80. The molecule has 32 heavy (non-hydrogen) atoms. The SMILES string of the molecule is CCC1CC2CC(CC1NC(=O)C(C)(C)N(C)Sc1ccccc1[N+](=O)[O-])CC(C)(O)C2. The van der Waals surface area contributed by atoms with E-state index < -0.39 is 16.1 Å². The molecule has 1 aromatic rings. The Morgan fingerprint density at radius 2 is 1.91 bits per heavy atom. The van der Waals surface area contributed by atoms with Gasteiger partial charge in [0.25, 0.3) is 5.69 Å². The van der Waals surface area contributed by atoms with Crippen LogP contribution < -0.4 is 5.32 Å². The van der Waals surface area contributed by atoms with Crippen LogP contribution in [0.4, 0.5) is 5.69 Å². The monoisotopic (exact) mass is 463 g/mol. The number of benzene rings is 1. The predicted molar refractivity (Wildman–Crippen MR) is 127 cm³/mol. The number of likely N-dealkylation sites (N-methyl/N-ethyl adjacent to an activating group) is 1. The molecule has 8 heteroatoms. The van der Waals surface area contributed by atoms with Crippen molar-refractivity contribution in [3.05, 3.63) is 34.4 Å². The van der Waals surface area contributed by atoms with Crippen molar-refractivity contribution in [2.24, 2.45) is 17.8 Å². The zero-order chi connectivity index (χ0) is 23.7. The number of hydrogen-bond acceptors (Lipinski definition) is 6. The second-order valence-electron chi connectivity index (χ2n) is 10.5. The summed E-state index contributed by atoms with van der Waals surface area (Å²) in [5.74, 6) is 1.26. The Morgan fingerprint density at radius 3 is 2.53 bits per heavy atom. The molecular formula is C24H37N3O4S. The van der Waals surface area contributed by atoms with Crippen LogP contribution in [0.2, 0.25) is 0 Å². The van der Waals surface area contributed by atoms with Gasteiger partial charge in [-0.15, -0.1) is 0 Å². The van der Waals surface area contributed by atoms with Gasteiger partial charge in [-0.1, -0.05) is 25.5 Å². The van der Waals surface area contributed by atoms with Crippen LogP contribution in [-0.2, 0) is 4.79 Å². The van der Waals surface area contributed by atoms with Gasteiger partial charge in [0.2, 0.25) is 5.91 Å². The average Bonchev–Trinajstić information content (AvgIpc) is 2.82. The van der Waals surface area contributed by atoms with E-state index in [1.165, 1.54) is 18.0 Å². The molecule has 2 fully saturated rings. The van der Waals surface area contributed by atoms with E-state index in [0.717, 1.165) is 38.5 Å². The minimum atomic E-state index is -0.862. The van der Waals surface area contributed by atoms with E-state index in [-0.39, 0.29) is 17.6 Å². The van der Waals surface area contributed by atoms with E-state index in [1.54, 1.807) is 29.6 Å². The largest absolute Gasteiger partial charge is 0.390 e. The normalized spacial score (nSPS) is 30.6. The van der Waals surface area contributed by atoms with Gasteiger partial charge < -0.3 is 10.4 Å². The van der Waals surface area contributed by atoms with Gasteiger partial charge in [-0.25, -0.2) is 4.31 Å². The van der Waals surface area contributed by atoms with Crippen molar-refractivity contribution < 1.29 is 14.8 Å². The predicted octanol–water partition coefficient (Wildman–Crippen LogP) is 4.78. The number of nitrogens with one attached hydrogen (secondary N) is 1. The molecule has 0 aromatic heterocycles. The number of carbonyl (C=O) groups is 1. The number of para-hydroxylation sites is 1. The summed E-state index contributed by atoms with van der Waals surface area (Å²) in [6, 6.07) is 6.68. The molecule has 2 aliphatic carbocycles. The third kappa shape index (κ3) is 5.64. The summed E-state index contributed by atoms with van der Waals surface area (Å²) >= 11 is 1.22. The average molecular weight is 464 g/mol. The van der Waals surface area contributed by atoms with Crippen molar-refractivity contribution >= 4 is 23.5 Å². The Labute approximate surface area is 195 Å². The zero-order valence-corrected chi connectivity index (χ0v) is 20.7. The molecule has 1 amide bonds. The minimum Gasteiger partial charge on any atom is -0.390 e. The molecule has 2 saturated carbocycles. The maximum absolute atomic E-state index is 13.4.